The maximum absolute atomic E-state index is 12.2. The van der Waals surface area contributed by atoms with Gasteiger partial charge in [-0.25, -0.2) is 15.0 Å². The van der Waals surface area contributed by atoms with E-state index in [1.807, 2.05) is 42.9 Å². The van der Waals surface area contributed by atoms with Crippen molar-refractivity contribution in [2.24, 2.45) is 7.05 Å². The molecule has 0 aliphatic carbocycles. The number of nitrogens with one attached hydrogen (secondary N) is 3. The van der Waals surface area contributed by atoms with Crippen LogP contribution in [-0.2, 0) is 16.6 Å². The fourth-order valence-electron chi connectivity index (χ4n) is 3.79. The first kappa shape index (κ1) is 21.7. The molecule has 10 heteroatoms. The van der Waals surface area contributed by atoms with Crippen molar-refractivity contribution in [3.05, 3.63) is 36.3 Å². The highest BCUT2D eigenvalue weighted by atomic mass is 16.5. The number of anilines is 1. The van der Waals surface area contributed by atoms with Crippen LogP contribution >= 0.6 is 0 Å². The molecule has 0 radical (unpaired) electrons. The Morgan fingerprint density at radius 2 is 2.19 bits per heavy atom. The average Bonchev–Trinajstić information content (AvgIpc) is 3.40. The topological polar surface area (TPSA) is 130 Å². The number of pyridine rings is 2. The van der Waals surface area contributed by atoms with Gasteiger partial charge in [-0.2, -0.15) is 0 Å². The SMILES string of the molecule is CNc1nc2[nH]c(-c3cccc([C@@H](CCO)NC(=O)CCOC)n3)cc2c2c1ncn2C. The summed E-state index contributed by atoms with van der Waals surface area (Å²) in [4.78, 5) is 29.4. The number of amides is 1. The molecule has 0 bridgehead atoms. The number of H-pyrrole nitrogens is 1. The molecule has 4 rings (SSSR count). The number of aliphatic hydroxyl groups excluding tert-OH is 1. The molecule has 0 saturated heterocycles. The maximum Gasteiger partial charge on any atom is 0.222 e. The monoisotopic (exact) mass is 437 g/mol. The summed E-state index contributed by atoms with van der Waals surface area (Å²) >= 11 is 0. The minimum Gasteiger partial charge on any atom is -0.396 e. The highest BCUT2D eigenvalue weighted by molar-refractivity contribution is 6.07. The van der Waals surface area contributed by atoms with Crippen LogP contribution in [0.25, 0.3) is 33.5 Å². The number of ether oxygens (including phenoxy) is 1. The molecule has 4 heterocycles. The average molecular weight is 438 g/mol. The van der Waals surface area contributed by atoms with Crippen molar-refractivity contribution < 1.29 is 14.6 Å². The van der Waals surface area contributed by atoms with E-state index in [1.54, 1.807) is 13.4 Å². The van der Waals surface area contributed by atoms with Crippen LogP contribution in [0.2, 0.25) is 0 Å². The Morgan fingerprint density at radius 3 is 2.94 bits per heavy atom. The number of nitrogens with zero attached hydrogens (tertiary/aromatic N) is 4. The zero-order chi connectivity index (χ0) is 22.7. The first-order valence-corrected chi connectivity index (χ1v) is 10.4. The predicted molar refractivity (Wildman–Crippen MR) is 122 cm³/mol. The summed E-state index contributed by atoms with van der Waals surface area (Å²) in [6, 6.07) is 7.25. The third-order valence-electron chi connectivity index (χ3n) is 5.36. The van der Waals surface area contributed by atoms with Gasteiger partial charge in [0.25, 0.3) is 0 Å². The highest BCUT2D eigenvalue weighted by Crippen LogP contribution is 2.31. The number of aromatic amines is 1. The van der Waals surface area contributed by atoms with Gasteiger partial charge in [-0.15, -0.1) is 0 Å². The van der Waals surface area contributed by atoms with Gasteiger partial charge in [-0.3, -0.25) is 4.79 Å². The van der Waals surface area contributed by atoms with E-state index in [1.165, 1.54) is 0 Å². The number of hydrogen-bond donors (Lipinski definition) is 4. The Labute approximate surface area is 185 Å². The molecule has 1 amide bonds. The number of hydrogen-bond acceptors (Lipinski definition) is 7. The van der Waals surface area contributed by atoms with Crippen molar-refractivity contribution in [1.29, 1.82) is 0 Å². The Bertz CT molecular complexity index is 1250. The van der Waals surface area contributed by atoms with Crippen molar-refractivity contribution >= 4 is 33.8 Å². The van der Waals surface area contributed by atoms with Gasteiger partial charge in [0.05, 0.1) is 41.6 Å². The number of aliphatic hydroxyl groups is 1. The van der Waals surface area contributed by atoms with Gasteiger partial charge in [-0.1, -0.05) is 6.07 Å². The van der Waals surface area contributed by atoms with Gasteiger partial charge in [0.1, 0.15) is 11.2 Å². The number of rotatable bonds is 9. The Kier molecular flexibility index (Phi) is 6.33. The number of imidazole rings is 1. The Balaban J connectivity index is 1.71. The van der Waals surface area contributed by atoms with Gasteiger partial charge in [0.2, 0.25) is 5.91 Å². The molecule has 32 heavy (non-hydrogen) atoms. The molecule has 1 atom stereocenters. The Morgan fingerprint density at radius 1 is 1.34 bits per heavy atom. The molecule has 4 aromatic heterocycles. The van der Waals surface area contributed by atoms with Crippen molar-refractivity contribution in [2.75, 3.05) is 32.7 Å². The van der Waals surface area contributed by atoms with Crippen LogP contribution < -0.4 is 10.6 Å². The molecule has 0 aliphatic heterocycles. The predicted octanol–water partition coefficient (Wildman–Crippen LogP) is 2.13. The summed E-state index contributed by atoms with van der Waals surface area (Å²) in [6.07, 6.45) is 2.38. The summed E-state index contributed by atoms with van der Waals surface area (Å²) in [5, 5.41) is 16.5. The number of aromatic nitrogens is 5. The van der Waals surface area contributed by atoms with Gasteiger partial charge < -0.3 is 30.0 Å². The number of methoxy groups -OCH3 is 1. The van der Waals surface area contributed by atoms with E-state index in [0.29, 0.717) is 24.5 Å². The number of carbonyl (C=O) groups is 1. The molecule has 0 aromatic carbocycles. The van der Waals surface area contributed by atoms with E-state index in [0.717, 1.165) is 33.5 Å². The van der Waals surface area contributed by atoms with Crippen LogP contribution in [0.1, 0.15) is 24.6 Å². The van der Waals surface area contributed by atoms with Crippen LogP contribution in [0.15, 0.2) is 30.6 Å². The summed E-state index contributed by atoms with van der Waals surface area (Å²) in [7, 11) is 5.32. The summed E-state index contributed by atoms with van der Waals surface area (Å²) in [5.74, 6) is 0.551. The number of fused-ring (bicyclic) bond motifs is 3. The van der Waals surface area contributed by atoms with Crippen LogP contribution in [0.5, 0.6) is 0 Å². The van der Waals surface area contributed by atoms with Crippen LogP contribution in [0.3, 0.4) is 0 Å². The minimum atomic E-state index is -0.397. The van der Waals surface area contributed by atoms with Crippen molar-refractivity contribution in [2.45, 2.75) is 18.9 Å². The molecular formula is C22H27N7O3. The smallest absolute Gasteiger partial charge is 0.222 e. The third kappa shape index (κ3) is 4.14. The van der Waals surface area contributed by atoms with E-state index >= 15 is 0 Å². The molecule has 0 saturated carbocycles. The summed E-state index contributed by atoms with van der Waals surface area (Å²) in [6.45, 7) is 0.271. The second kappa shape index (κ2) is 9.33. The lowest BCUT2D eigenvalue weighted by molar-refractivity contribution is -0.122. The lowest BCUT2D eigenvalue weighted by Crippen LogP contribution is -2.30. The van der Waals surface area contributed by atoms with Gasteiger partial charge in [0.15, 0.2) is 5.82 Å². The second-order valence-electron chi connectivity index (χ2n) is 7.53. The molecule has 0 spiro atoms. The van der Waals surface area contributed by atoms with Crippen molar-refractivity contribution in [3.63, 3.8) is 0 Å². The molecule has 4 N–H and O–H groups in total. The maximum atomic E-state index is 12.2. The molecular weight excluding hydrogens is 410 g/mol. The van der Waals surface area contributed by atoms with Gasteiger partial charge in [0, 0.05) is 39.6 Å². The number of carbonyl (C=O) groups excluding carboxylic acids is 1. The van der Waals surface area contributed by atoms with Crippen LogP contribution in [0, 0.1) is 0 Å². The highest BCUT2D eigenvalue weighted by Gasteiger charge is 2.18. The number of aryl methyl sites for hydroxylation is 1. The molecule has 0 fully saturated rings. The lowest BCUT2D eigenvalue weighted by atomic mass is 10.1. The molecule has 10 nitrogen and oxygen atoms in total. The zero-order valence-corrected chi connectivity index (χ0v) is 18.3. The fraction of sp³-hybridized carbons (Fsp3) is 0.364. The van der Waals surface area contributed by atoms with Gasteiger partial charge in [-0.05, 0) is 24.6 Å². The Hall–Kier alpha value is -3.50. The molecule has 0 unspecified atom stereocenters. The second-order valence-corrected chi connectivity index (χ2v) is 7.53. The van der Waals surface area contributed by atoms with E-state index < -0.39 is 6.04 Å². The van der Waals surface area contributed by atoms with Crippen LogP contribution in [-0.4, -0.2) is 62.9 Å². The quantitative estimate of drug-likeness (QED) is 0.316. The van der Waals surface area contributed by atoms with E-state index in [-0.39, 0.29) is 18.9 Å². The van der Waals surface area contributed by atoms with Crippen LogP contribution in [0.4, 0.5) is 5.82 Å². The summed E-state index contributed by atoms with van der Waals surface area (Å²) < 4.78 is 6.94. The van der Waals surface area contributed by atoms with Gasteiger partial charge >= 0.3 is 0 Å². The van der Waals surface area contributed by atoms with Crippen molar-refractivity contribution in [3.8, 4) is 11.4 Å². The third-order valence-corrected chi connectivity index (χ3v) is 5.36. The van der Waals surface area contributed by atoms with E-state index in [4.69, 9.17) is 9.72 Å². The molecule has 0 aliphatic rings. The first-order chi connectivity index (χ1) is 15.5. The molecule has 4 aromatic rings. The van der Waals surface area contributed by atoms with E-state index in [9.17, 15) is 9.90 Å². The summed E-state index contributed by atoms with van der Waals surface area (Å²) in [5.41, 5.74) is 4.70. The fourth-order valence-corrected chi connectivity index (χ4v) is 3.79. The molecule has 168 valence electrons. The van der Waals surface area contributed by atoms with E-state index in [2.05, 4.69) is 25.6 Å². The standard InChI is InChI=1S/C22H27N7O3/c1-23-22-19-20(29(2)12-24-19)13-11-17(27-21(13)28-22)15-6-4-5-14(25-15)16(7-9-30)26-18(31)8-10-32-3/h4-6,11-12,16,30H,7-10H2,1-3H3,(H,26,31)(H2,23,27,28)/t16-/m1/s1. The van der Waals surface area contributed by atoms with Crippen molar-refractivity contribution in [1.82, 2.24) is 29.8 Å². The largest absolute Gasteiger partial charge is 0.396 e. The normalized spacial score (nSPS) is 12.4. The minimum absolute atomic E-state index is 0.0668. The zero-order valence-electron chi connectivity index (χ0n) is 18.3. The first-order valence-electron chi connectivity index (χ1n) is 10.4. The lowest BCUT2D eigenvalue weighted by Gasteiger charge is -2.18.